The van der Waals surface area contributed by atoms with Crippen LogP contribution in [0.15, 0.2) is 18.2 Å². The van der Waals surface area contributed by atoms with Gasteiger partial charge in [-0.05, 0) is 57.4 Å². The van der Waals surface area contributed by atoms with Crippen molar-refractivity contribution in [2.45, 2.75) is 45.6 Å². The summed E-state index contributed by atoms with van der Waals surface area (Å²) in [7, 11) is 1.57. The molecule has 0 aromatic heterocycles. The second-order valence-corrected chi connectivity index (χ2v) is 6.57. The summed E-state index contributed by atoms with van der Waals surface area (Å²) >= 11 is 0. The molecule has 1 aliphatic rings. The minimum Gasteiger partial charge on any atom is -0.497 e. The number of carbonyl (C=O) groups excluding carboxylic acids is 2. The van der Waals surface area contributed by atoms with E-state index in [0.717, 1.165) is 18.4 Å². The van der Waals surface area contributed by atoms with Gasteiger partial charge in [0.25, 0.3) is 0 Å². The first-order valence-electron chi connectivity index (χ1n) is 7.48. The van der Waals surface area contributed by atoms with Gasteiger partial charge in [-0.25, -0.2) is 4.79 Å². The third-order valence-electron chi connectivity index (χ3n) is 3.35. The number of amides is 1. The minimum atomic E-state index is -0.569. The van der Waals surface area contributed by atoms with E-state index in [1.54, 1.807) is 46.1 Å². The van der Waals surface area contributed by atoms with Crippen LogP contribution in [-0.4, -0.2) is 24.6 Å². The van der Waals surface area contributed by atoms with Crippen molar-refractivity contribution in [3.05, 3.63) is 23.8 Å². The zero-order valence-electron chi connectivity index (χ0n) is 13.6. The normalized spacial score (nSPS) is 14.4. The predicted octanol–water partition coefficient (Wildman–Crippen LogP) is 3.56. The number of carbonyl (C=O) groups is 2. The van der Waals surface area contributed by atoms with Crippen LogP contribution in [0.25, 0.3) is 0 Å². The molecule has 120 valence electrons. The van der Waals surface area contributed by atoms with Gasteiger partial charge in [-0.2, -0.15) is 0 Å². The highest BCUT2D eigenvalue weighted by Crippen LogP contribution is 2.32. The second-order valence-electron chi connectivity index (χ2n) is 6.57. The molecule has 1 amide bonds. The van der Waals surface area contributed by atoms with Gasteiger partial charge in [-0.1, -0.05) is 0 Å². The lowest BCUT2D eigenvalue weighted by Gasteiger charge is -2.20. The Kier molecular flexibility index (Phi) is 4.74. The van der Waals surface area contributed by atoms with Crippen molar-refractivity contribution in [2.75, 3.05) is 12.4 Å². The van der Waals surface area contributed by atoms with E-state index in [1.165, 1.54) is 0 Å². The minimum absolute atomic E-state index is 0.181. The lowest BCUT2D eigenvalue weighted by molar-refractivity contribution is -0.119. The Hall–Kier alpha value is -2.04. The van der Waals surface area contributed by atoms with E-state index in [-0.39, 0.29) is 11.7 Å². The molecule has 1 fully saturated rings. The summed E-state index contributed by atoms with van der Waals surface area (Å²) in [5, 5.41) is 2.71. The first kappa shape index (κ1) is 16.3. The largest absolute Gasteiger partial charge is 0.497 e. The third-order valence-corrected chi connectivity index (χ3v) is 3.35. The van der Waals surface area contributed by atoms with E-state index in [1.807, 2.05) is 0 Å². The van der Waals surface area contributed by atoms with E-state index in [2.05, 4.69) is 5.32 Å². The molecular formula is C17H23NO4. The van der Waals surface area contributed by atoms with Crippen molar-refractivity contribution in [1.82, 2.24) is 0 Å². The number of hydrogen-bond donors (Lipinski definition) is 1. The standard InChI is InChI=1S/C17H23NO4/c1-17(2,3)22-16(20)18-14-8-7-13(21-4)9-12(14)10-15(19)11-5-6-11/h7-9,11H,5-6,10H2,1-4H3,(H,18,20). The number of nitrogens with one attached hydrogen (secondary N) is 1. The maximum absolute atomic E-state index is 12.1. The molecule has 0 atom stereocenters. The Bertz CT molecular complexity index is 571. The number of ether oxygens (including phenoxy) is 2. The summed E-state index contributed by atoms with van der Waals surface area (Å²) in [5.74, 6) is 1.05. The maximum Gasteiger partial charge on any atom is 0.412 e. The Balaban J connectivity index is 2.14. The van der Waals surface area contributed by atoms with Crippen molar-refractivity contribution in [3.8, 4) is 5.75 Å². The first-order chi connectivity index (χ1) is 10.3. The van der Waals surface area contributed by atoms with Gasteiger partial charge in [-0.3, -0.25) is 10.1 Å². The Morgan fingerprint density at radius 1 is 1.27 bits per heavy atom. The molecule has 0 radical (unpaired) electrons. The highest BCUT2D eigenvalue weighted by molar-refractivity contribution is 5.90. The monoisotopic (exact) mass is 305 g/mol. The number of rotatable bonds is 5. The predicted molar refractivity (Wildman–Crippen MR) is 84.3 cm³/mol. The zero-order valence-corrected chi connectivity index (χ0v) is 13.6. The Morgan fingerprint density at radius 2 is 1.95 bits per heavy atom. The number of methoxy groups -OCH3 is 1. The number of anilines is 1. The first-order valence-corrected chi connectivity index (χ1v) is 7.48. The summed E-state index contributed by atoms with van der Waals surface area (Å²) in [5.41, 5.74) is 0.770. The van der Waals surface area contributed by atoms with Gasteiger partial charge in [0.05, 0.1) is 7.11 Å². The maximum atomic E-state index is 12.1. The van der Waals surface area contributed by atoms with Gasteiger partial charge in [0.1, 0.15) is 17.1 Å². The van der Waals surface area contributed by atoms with Crippen LogP contribution < -0.4 is 10.1 Å². The second kappa shape index (κ2) is 6.38. The topological polar surface area (TPSA) is 64.6 Å². The Labute approximate surface area is 131 Å². The summed E-state index contributed by atoms with van der Waals surface area (Å²) in [4.78, 5) is 24.0. The number of ketones is 1. The van der Waals surface area contributed by atoms with Crippen molar-refractivity contribution in [2.24, 2.45) is 5.92 Å². The quantitative estimate of drug-likeness (QED) is 0.903. The van der Waals surface area contributed by atoms with Crippen molar-refractivity contribution < 1.29 is 19.1 Å². The number of Topliss-reactive ketones (excluding diaryl/α,β-unsaturated/α-hetero) is 1. The van der Waals surface area contributed by atoms with Gasteiger partial charge >= 0.3 is 6.09 Å². The molecule has 1 N–H and O–H groups in total. The summed E-state index contributed by atoms with van der Waals surface area (Å²) in [6, 6.07) is 5.27. The molecule has 0 unspecified atom stereocenters. The van der Waals surface area contributed by atoms with E-state index in [9.17, 15) is 9.59 Å². The molecule has 5 heteroatoms. The van der Waals surface area contributed by atoms with Crippen LogP contribution >= 0.6 is 0 Å². The molecule has 0 heterocycles. The van der Waals surface area contributed by atoms with Crippen LogP contribution in [-0.2, 0) is 16.0 Å². The Morgan fingerprint density at radius 3 is 2.50 bits per heavy atom. The van der Waals surface area contributed by atoms with Gasteiger partial charge < -0.3 is 9.47 Å². The molecule has 5 nitrogen and oxygen atoms in total. The molecule has 2 rings (SSSR count). The lowest BCUT2D eigenvalue weighted by Crippen LogP contribution is -2.27. The molecule has 1 saturated carbocycles. The van der Waals surface area contributed by atoms with Crippen LogP contribution in [0, 0.1) is 5.92 Å². The molecule has 22 heavy (non-hydrogen) atoms. The molecule has 0 aliphatic heterocycles. The van der Waals surface area contributed by atoms with Gasteiger partial charge in [0.2, 0.25) is 0 Å². The van der Waals surface area contributed by atoms with Crippen LogP contribution in [0.2, 0.25) is 0 Å². The van der Waals surface area contributed by atoms with E-state index >= 15 is 0 Å². The van der Waals surface area contributed by atoms with Gasteiger partial charge in [0, 0.05) is 18.0 Å². The summed E-state index contributed by atoms with van der Waals surface area (Å²) < 4.78 is 10.4. The van der Waals surface area contributed by atoms with Crippen LogP contribution in [0.4, 0.5) is 10.5 Å². The number of hydrogen-bond acceptors (Lipinski definition) is 4. The fraction of sp³-hybridized carbons (Fsp3) is 0.529. The van der Waals surface area contributed by atoms with Gasteiger partial charge in [0.15, 0.2) is 0 Å². The van der Waals surface area contributed by atoms with Crippen LogP contribution in [0.5, 0.6) is 5.75 Å². The fourth-order valence-electron chi connectivity index (χ4n) is 2.12. The summed E-state index contributed by atoms with van der Waals surface area (Å²) in [6.45, 7) is 5.41. The van der Waals surface area contributed by atoms with E-state index in [0.29, 0.717) is 17.9 Å². The average molecular weight is 305 g/mol. The smallest absolute Gasteiger partial charge is 0.412 e. The highest BCUT2D eigenvalue weighted by atomic mass is 16.6. The summed E-state index contributed by atoms with van der Waals surface area (Å²) in [6.07, 6.45) is 1.71. The molecule has 1 aromatic rings. The fourth-order valence-corrected chi connectivity index (χ4v) is 2.12. The van der Waals surface area contributed by atoms with Crippen LogP contribution in [0.1, 0.15) is 39.2 Å². The highest BCUT2D eigenvalue weighted by Gasteiger charge is 2.30. The molecule has 0 bridgehead atoms. The van der Waals surface area contributed by atoms with Gasteiger partial charge in [-0.15, -0.1) is 0 Å². The molecule has 1 aromatic carbocycles. The molecule has 1 aliphatic carbocycles. The molecule has 0 saturated heterocycles. The average Bonchev–Trinajstić information content (AvgIpc) is 3.22. The number of benzene rings is 1. The van der Waals surface area contributed by atoms with Crippen molar-refractivity contribution in [3.63, 3.8) is 0 Å². The van der Waals surface area contributed by atoms with Crippen LogP contribution in [0.3, 0.4) is 0 Å². The van der Waals surface area contributed by atoms with Crippen molar-refractivity contribution in [1.29, 1.82) is 0 Å². The SMILES string of the molecule is COc1ccc(NC(=O)OC(C)(C)C)c(CC(=O)C2CC2)c1. The van der Waals surface area contributed by atoms with E-state index < -0.39 is 11.7 Å². The molecule has 0 spiro atoms. The lowest BCUT2D eigenvalue weighted by atomic mass is 10.0. The van der Waals surface area contributed by atoms with E-state index in [4.69, 9.17) is 9.47 Å². The zero-order chi connectivity index (χ0) is 16.3. The molecular weight excluding hydrogens is 282 g/mol. The third kappa shape index (κ3) is 4.76. The van der Waals surface area contributed by atoms with Crippen molar-refractivity contribution >= 4 is 17.6 Å².